The van der Waals surface area contributed by atoms with Gasteiger partial charge in [0.15, 0.2) is 0 Å². The molecule has 0 bridgehead atoms. The van der Waals surface area contributed by atoms with Crippen LogP contribution in [0.15, 0.2) is 0 Å². The molecule has 1 heterocycles. The molecule has 0 amide bonds. The lowest BCUT2D eigenvalue weighted by Gasteiger charge is -2.42. The molecule has 0 spiro atoms. The van der Waals surface area contributed by atoms with Gasteiger partial charge in [-0.2, -0.15) is 11.8 Å². The molecule has 3 N–H and O–H groups in total. The third-order valence-electron chi connectivity index (χ3n) is 4.24. The molecule has 2 rings (SSSR count). The SMILES string of the molecule is CC1SCCCC1(CN)NCCCC1CC1. The van der Waals surface area contributed by atoms with Gasteiger partial charge in [-0.1, -0.05) is 19.8 Å². The van der Waals surface area contributed by atoms with Gasteiger partial charge in [0.05, 0.1) is 0 Å². The molecule has 0 aromatic carbocycles. The summed E-state index contributed by atoms with van der Waals surface area (Å²) >= 11 is 2.08. The fourth-order valence-electron chi connectivity index (χ4n) is 2.72. The summed E-state index contributed by atoms with van der Waals surface area (Å²) in [7, 11) is 0. The van der Waals surface area contributed by atoms with Crippen molar-refractivity contribution in [1.82, 2.24) is 5.32 Å². The maximum Gasteiger partial charge on any atom is 0.0421 e. The maximum absolute atomic E-state index is 6.01. The fourth-order valence-corrected chi connectivity index (χ4v) is 4.00. The van der Waals surface area contributed by atoms with E-state index < -0.39 is 0 Å². The molecule has 2 fully saturated rings. The van der Waals surface area contributed by atoms with Gasteiger partial charge < -0.3 is 11.1 Å². The first-order chi connectivity index (χ1) is 7.77. The molecule has 2 aliphatic rings. The highest BCUT2D eigenvalue weighted by Crippen LogP contribution is 2.35. The normalized spacial score (nSPS) is 35.2. The zero-order valence-corrected chi connectivity index (χ0v) is 11.3. The van der Waals surface area contributed by atoms with Crippen LogP contribution in [0.4, 0.5) is 0 Å². The Morgan fingerprint density at radius 3 is 2.88 bits per heavy atom. The highest BCUT2D eigenvalue weighted by Gasteiger charge is 2.36. The summed E-state index contributed by atoms with van der Waals surface area (Å²) < 4.78 is 0. The number of hydrogen-bond acceptors (Lipinski definition) is 3. The number of thioether (sulfide) groups is 1. The molecule has 0 aromatic rings. The van der Waals surface area contributed by atoms with Crippen LogP contribution in [0.1, 0.15) is 45.4 Å². The van der Waals surface area contributed by atoms with Gasteiger partial charge in [-0.25, -0.2) is 0 Å². The van der Waals surface area contributed by atoms with E-state index in [4.69, 9.17) is 5.73 Å². The Morgan fingerprint density at radius 2 is 2.25 bits per heavy atom. The topological polar surface area (TPSA) is 38.0 Å². The smallest absolute Gasteiger partial charge is 0.0421 e. The molecule has 2 atom stereocenters. The Morgan fingerprint density at radius 1 is 1.44 bits per heavy atom. The summed E-state index contributed by atoms with van der Waals surface area (Å²) in [5.74, 6) is 2.38. The first-order valence-electron chi connectivity index (χ1n) is 6.83. The summed E-state index contributed by atoms with van der Waals surface area (Å²) in [6, 6.07) is 0. The zero-order valence-electron chi connectivity index (χ0n) is 10.5. The summed E-state index contributed by atoms with van der Waals surface area (Å²) in [5, 5.41) is 4.45. The number of nitrogens with two attached hydrogens (primary N) is 1. The first-order valence-corrected chi connectivity index (χ1v) is 7.88. The van der Waals surface area contributed by atoms with E-state index in [0.717, 1.165) is 12.5 Å². The average molecular weight is 242 g/mol. The molecule has 94 valence electrons. The van der Waals surface area contributed by atoms with Crippen LogP contribution in [0.3, 0.4) is 0 Å². The highest BCUT2D eigenvalue weighted by molar-refractivity contribution is 8.00. The molecule has 2 unspecified atom stereocenters. The molecular weight excluding hydrogens is 216 g/mol. The minimum Gasteiger partial charge on any atom is -0.329 e. The molecule has 2 nitrogen and oxygen atoms in total. The van der Waals surface area contributed by atoms with Crippen LogP contribution in [0.2, 0.25) is 0 Å². The van der Waals surface area contributed by atoms with E-state index in [0.29, 0.717) is 5.25 Å². The maximum atomic E-state index is 6.01. The van der Waals surface area contributed by atoms with Gasteiger partial charge in [0.25, 0.3) is 0 Å². The van der Waals surface area contributed by atoms with Crippen molar-refractivity contribution in [2.75, 3.05) is 18.8 Å². The fraction of sp³-hybridized carbons (Fsp3) is 1.00. The van der Waals surface area contributed by atoms with Gasteiger partial charge in [0.1, 0.15) is 0 Å². The van der Waals surface area contributed by atoms with Gasteiger partial charge in [-0.05, 0) is 43.9 Å². The summed E-state index contributed by atoms with van der Waals surface area (Å²) in [6.45, 7) is 4.30. The van der Waals surface area contributed by atoms with Crippen LogP contribution in [-0.4, -0.2) is 29.6 Å². The largest absolute Gasteiger partial charge is 0.329 e. The molecule has 1 saturated carbocycles. The van der Waals surface area contributed by atoms with Crippen LogP contribution < -0.4 is 11.1 Å². The van der Waals surface area contributed by atoms with E-state index in [9.17, 15) is 0 Å². The Bertz CT molecular complexity index is 218. The zero-order chi connectivity index (χ0) is 11.4. The lowest BCUT2D eigenvalue weighted by Crippen LogP contribution is -2.59. The van der Waals surface area contributed by atoms with E-state index in [2.05, 4.69) is 24.0 Å². The quantitative estimate of drug-likeness (QED) is 0.702. The Hall–Kier alpha value is 0.270. The van der Waals surface area contributed by atoms with Crippen molar-refractivity contribution in [3.05, 3.63) is 0 Å². The average Bonchev–Trinajstić information content (AvgIpc) is 3.11. The van der Waals surface area contributed by atoms with Gasteiger partial charge in [-0.3, -0.25) is 0 Å². The molecule has 0 aromatic heterocycles. The molecule has 3 heteroatoms. The molecular formula is C13H26N2S. The van der Waals surface area contributed by atoms with Crippen LogP contribution >= 0.6 is 11.8 Å². The molecule has 0 radical (unpaired) electrons. The number of hydrogen-bond donors (Lipinski definition) is 2. The lowest BCUT2D eigenvalue weighted by atomic mass is 9.89. The second-order valence-corrected chi connectivity index (χ2v) is 6.94. The standard InChI is InChI=1S/C13H26N2S/c1-11-13(10-14,7-3-9-16-11)15-8-2-4-12-5-6-12/h11-12,15H,2-10,14H2,1H3. The summed E-state index contributed by atoms with van der Waals surface area (Å²) in [6.07, 6.45) is 8.31. The van der Waals surface area contributed by atoms with Crippen LogP contribution in [-0.2, 0) is 0 Å². The molecule has 16 heavy (non-hydrogen) atoms. The van der Waals surface area contributed by atoms with Gasteiger partial charge in [-0.15, -0.1) is 0 Å². The second kappa shape index (κ2) is 5.74. The van der Waals surface area contributed by atoms with Crippen molar-refractivity contribution in [1.29, 1.82) is 0 Å². The van der Waals surface area contributed by atoms with E-state index in [1.165, 1.54) is 50.8 Å². The Balaban J connectivity index is 1.73. The van der Waals surface area contributed by atoms with Gasteiger partial charge in [0, 0.05) is 17.3 Å². The van der Waals surface area contributed by atoms with Crippen molar-refractivity contribution in [3.8, 4) is 0 Å². The molecule has 1 saturated heterocycles. The van der Waals surface area contributed by atoms with Crippen LogP contribution in [0.5, 0.6) is 0 Å². The predicted octanol–water partition coefficient (Wildman–Crippen LogP) is 2.38. The van der Waals surface area contributed by atoms with Crippen molar-refractivity contribution >= 4 is 11.8 Å². The first kappa shape index (κ1) is 12.7. The predicted molar refractivity (Wildman–Crippen MR) is 72.9 cm³/mol. The highest BCUT2D eigenvalue weighted by atomic mass is 32.2. The third kappa shape index (κ3) is 3.14. The number of rotatable bonds is 6. The Labute approximate surface area is 104 Å². The lowest BCUT2D eigenvalue weighted by molar-refractivity contribution is 0.295. The second-order valence-electron chi connectivity index (χ2n) is 5.49. The van der Waals surface area contributed by atoms with Crippen molar-refractivity contribution < 1.29 is 0 Å². The van der Waals surface area contributed by atoms with Crippen LogP contribution in [0, 0.1) is 5.92 Å². The Kier molecular flexibility index (Phi) is 4.57. The van der Waals surface area contributed by atoms with Crippen LogP contribution in [0.25, 0.3) is 0 Å². The van der Waals surface area contributed by atoms with Gasteiger partial charge >= 0.3 is 0 Å². The van der Waals surface area contributed by atoms with Crippen molar-refractivity contribution in [3.63, 3.8) is 0 Å². The minimum atomic E-state index is 0.229. The molecule has 1 aliphatic heterocycles. The van der Waals surface area contributed by atoms with E-state index in [1.807, 2.05) is 0 Å². The van der Waals surface area contributed by atoms with Crippen molar-refractivity contribution in [2.45, 2.75) is 56.2 Å². The summed E-state index contributed by atoms with van der Waals surface area (Å²) in [5.41, 5.74) is 6.24. The third-order valence-corrected chi connectivity index (χ3v) is 5.72. The monoisotopic (exact) mass is 242 g/mol. The minimum absolute atomic E-state index is 0.229. The van der Waals surface area contributed by atoms with Crippen molar-refractivity contribution in [2.24, 2.45) is 11.7 Å². The summed E-state index contributed by atoms with van der Waals surface area (Å²) in [4.78, 5) is 0. The number of nitrogens with one attached hydrogen (secondary N) is 1. The molecule has 1 aliphatic carbocycles. The van der Waals surface area contributed by atoms with E-state index >= 15 is 0 Å². The van der Waals surface area contributed by atoms with E-state index in [1.54, 1.807) is 0 Å². The van der Waals surface area contributed by atoms with Gasteiger partial charge in [0.2, 0.25) is 0 Å². The van der Waals surface area contributed by atoms with E-state index in [-0.39, 0.29) is 5.54 Å².